The highest BCUT2D eigenvalue weighted by molar-refractivity contribution is 9.10. The Morgan fingerprint density at radius 3 is 2.53 bits per heavy atom. The summed E-state index contributed by atoms with van der Waals surface area (Å²) in [6.45, 7) is 1.91. The summed E-state index contributed by atoms with van der Waals surface area (Å²) in [4.78, 5) is 7.53. The topological polar surface area (TPSA) is 47.1 Å². The molecule has 0 aliphatic rings. The Morgan fingerprint density at radius 2 is 2.00 bits per heavy atom. The van der Waals surface area contributed by atoms with Crippen molar-refractivity contribution >= 4 is 15.9 Å². The maximum atomic E-state index is 5.35. The Bertz CT molecular complexity index is 537. The van der Waals surface area contributed by atoms with E-state index in [4.69, 9.17) is 9.47 Å². The number of benzene rings is 1. The van der Waals surface area contributed by atoms with Crippen molar-refractivity contribution in [1.82, 2.24) is 9.97 Å². The smallest absolute Gasteiger partial charge is 0.132 e. The molecule has 90 valence electrons. The van der Waals surface area contributed by atoms with E-state index in [2.05, 4.69) is 25.9 Å². The molecule has 2 aromatic rings. The van der Waals surface area contributed by atoms with Gasteiger partial charge in [0.25, 0.3) is 0 Å². The molecule has 0 amide bonds. The van der Waals surface area contributed by atoms with Gasteiger partial charge in [0.15, 0.2) is 0 Å². The minimum absolute atomic E-state index is 0.733. The second kappa shape index (κ2) is 4.79. The van der Waals surface area contributed by atoms with Crippen molar-refractivity contribution in [2.45, 2.75) is 6.92 Å². The van der Waals surface area contributed by atoms with Gasteiger partial charge in [-0.25, -0.2) is 4.98 Å². The lowest BCUT2D eigenvalue weighted by molar-refractivity contribution is 0.395. The van der Waals surface area contributed by atoms with Gasteiger partial charge in [0.05, 0.1) is 14.2 Å². The van der Waals surface area contributed by atoms with E-state index in [-0.39, 0.29) is 0 Å². The first kappa shape index (κ1) is 12.0. The average Bonchev–Trinajstić information content (AvgIpc) is 2.67. The van der Waals surface area contributed by atoms with E-state index in [1.54, 1.807) is 14.2 Å². The van der Waals surface area contributed by atoms with Gasteiger partial charge in [-0.2, -0.15) is 0 Å². The number of aromatic nitrogens is 2. The maximum absolute atomic E-state index is 5.35. The summed E-state index contributed by atoms with van der Waals surface area (Å²) in [5, 5.41) is 0. The Balaban J connectivity index is 2.55. The van der Waals surface area contributed by atoms with Crippen molar-refractivity contribution in [3.63, 3.8) is 0 Å². The number of hydrogen-bond acceptors (Lipinski definition) is 3. The van der Waals surface area contributed by atoms with Gasteiger partial charge in [-0.3, -0.25) is 0 Å². The number of ether oxygens (including phenoxy) is 2. The summed E-state index contributed by atoms with van der Waals surface area (Å²) in [6.07, 6.45) is 0. The summed E-state index contributed by atoms with van der Waals surface area (Å²) in [5.41, 5.74) is 1.76. The van der Waals surface area contributed by atoms with Gasteiger partial charge in [0.1, 0.15) is 27.6 Å². The van der Waals surface area contributed by atoms with Crippen molar-refractivity contribution in [2.24, 2.45) is 0 Å². The van der Waals surface area contributed by atoms with E-state index in [1.807, 2.05) is 25.1 Å². The predicted molar refractivity (Wildman–Crippen MR) is 69.6 cm³/mol. The van der Waals surface area contributed by atoms with Crippen LogP contribution in [0.5, 0.6) is 11.5 Å². The first-order valence-corrected chi connectivity index (χ1v) is 5.89. The molecule has 0 saturated heterocycles. The molecule has 0 bridgehead atoms. The average molecular weight is 297 g/mol. The van der Waals surface area contributed by atoms with Crippen molar-refractivity contribution in [3.05, 3.63) is 28.6 Å². The monoisotopic (exact) mass is 296 g/mol. The van der Waals surface area contributed by atoms with E-state index in [0.29, 0.717) is 0 Å². The van der Waals surface area contributed by atoms with Gasteiger partial charge in [-0.05, 0) is 35.0 Å². The second-order valence-corrected chi connectivity index (χ2v) is 4.34. The Labute approximate surface area is 108 Å². The van der Waals surface area contributed by atoms with Gasteiger partial charge < -0.3 is 14.5 Å². The summed E-state index contributed by atoms with van der Waals surface area (Å²) < 4.78 is 11.4. The molecule has 0 radical (unpaired) electrons. The fraction of sp³-hybridized carbons (Fsp3) is 0.250. The number of nitrogens with zero attached hydrogens (tertiary/aromatic N) is 1. The molecule has 0 spiro atoms. The minimum atomic E-state index is 0.733. The zero-order valence-electron chi connectivity index (χ0n) is 9.87. The summed E-state index contributed by atoms with van der Waals surface area (Å²) in [6, 6.07) is 5.65. The van der Waals surface area contributed by atoms with E-state index in [9.17, 15) is 0 Å². The summed E-state index contributed by atoms with van der Waals surface area (Å²) in [5.74, 6) is 2.34. The minimum Gasteiger partial charge on any atom is -0.497 e. The van der Waals surface area contributed by atoms with Crippen LogP contribution < -0.4 is 9.47 Å². The zero-order chi connectivity index (χ0) is 12.4. The van der Waals surface area contributed by atoms with Crippen molar-refractivity contribution < 1.29 is 9.47 Å². The van der Waals surface area contributed by atoms with Gasteiger partial charge in [-0.1, -0.05) is 0 Å². The number of halogens is 1. The molecule has 0 atom stereocenters. The highest BCUT2D eigenvalue weighted by atomic mass is 79.9. The van der Waals surface area contributed by atoms with Crippen LogP contribution in [0.15, 0.2) is 22.8 Å². The number of aromatic amines is 1. The molecule has 0 saturated carbocycles. The molecule has 0 aliphatic carbocycles. The molecule has 4 nitrogen and oxygen atoms in total. The molecule has 0 aliphatic heterocycles. The lowest BCUT2D eigenvalue weighted by atomic mass is 10.1. The molecular weight excluding hydrogens is 284 g/mol. The van der Waals surface area contributed by atoms with Crippen LogP contribution in [-0.4, -0.2) is 24.2 Å². The molecule has 1 aromatic carbocycles. The molecule has 1 heterocycles. The van der Waals surface area contributed by atoms with Crippen LogP contribution in [0.2, 0.25) is 0 Å². The first-order chi connectivity index (χ1) is 8.15. The lowest BCUT2D eigenvalue weighted by Gasteiger charge is -2.08. The van der Waals surface area contributed by atoms with Gasteiger partial charge in [-0.15, -0.1) is 0 Å². The van der Waals surface area contributed by atoms with Crippen LogP contribution in [-0.2, 0) is 0 Å². The molecule has 0 unspecified atom stereocenters. The second-order valence-electron chi connectivity index (χ2n) is 3.55. The van der Waals surface area contributed by atoms with Gasteiger partial charge in [0, 0.05) is 11.6 Å². The summed E-state index contributed by atoms with van der Waals surface area (Å²) in [7, 11) is 3.26. The van der Waals surface area contributed by atoms with E-state index >= 15 is 0 Å². The third-order valence-electron chi connectivity index (χ3n) is 2.44. The summed E-state index contributed by atoms with van der Waals surface area (Å²) >= 11 is 3.45. The Hall–Kier alpha value is -1.49. The first-order valence-electron chi connectivity index (χ1n) is 5.10. The van der Waals surface area contributed by atoms with Crippen molar-refractivity contribution in [3.8, 4) is 22.8 Å². The fourth-order valence-electron chi connectivity index (χ4n) is 1.64. The van der Waals surface area contributed by atoms with Crippen molar-refractivity contribution in [2.75, 3.05) is 14.2 Å². The third kappa shape index (κ3) is 2.29. The number of methoxy groups -OCH3 is 2. The van der Waals surface area contributed by atoms with Crippen LogP contribution >= 0.6 is 15.9 Å². The predicted octanol–water partition coefficient (Wildman–Crippen LogP) is 3.16. The van der Waals surface area contributed by atoms with Crippen molar-refractivity contribution in [1.29, 1.82) is 0 Å². The number of nitrogens with one attached hydrogen (secondary N) is 1. The number of hydrogen-bond donors (Lipinski definition) is 1. The Kier molecular flexibility index (Phi) is 3.38. The van der Waals surface area contributed by atoms with Crippen LogP contribution in [0.1, 0.15) is 5.82 Å². The highest BCUT2D eigenvalue weighted by Gasteiger charge is 2.13. The van der Waals surface area contributed by atoms with Gasteiger partial charge in [0.2, 0.25) is 0 Å². The lowest BCUT2D eigenvalue weighted by Crippen LogP contribution is -1.91. The molecule has 2 rings (SSSR count). The molecule has 5 heteroatoms. The van der Waals surface area contributed by atoms with E-state index in [0.717, 1.165) is 33.2 Å². The molecule has 17 heavy (non-hydrogen) atoms. The van der Waals surface area contributed by atoms with Crippen LogP contribution in [0, 0.1) is 6.92 Å². The normalized spacial score (nSPS) is 10.4. The number of H-pyrrole nitrogens is 1. The fourth-order valence-corrected chi connectivity index (χ4v) is 2.22. The SMILES string of the molecule is COc1ccc(-c2nc(C)[nH]c2Br)c(OC)c1. The maximum Gasteiger partial charge on any atom is 0.132 e. The number of aryl methyl sites for hydroxylation is 1. The largest absolute Gasteiger partial charge is 0.497 e. The standard InChI is InChI=1S/C12H13BrN2O2/c1-7-14-11(12(13)15-7)9-5-4-8(16-2)6-10(9)17-3/h4-6H,1-3H3,(H,14,15). The van der Waals surface area contributed by atoms with Crippen LogP contribution in [0.3, 0.4) is 0 Å². The number of imidazole rings is 1. The van der Waals surface area contributed by atoms with E-state index < -0.39 is 0 Å². The quantitative estimate of drug-likeness (QED) is 0.946. The van der Waals surface area contributed by atoms with Crippen LogP contribution in [0.25, 0.3) is 11.3 Å². The van der Waals surface area contributed by atoms with Gasteiger partial charge >= 0.3 is 0 Å². The third-order valence-corrected chi connectivity index (χ3v) is 3.02. The Morgan fingerprint density at radius 1 is 1.24 bits per heavy atom. The zero-order valence-corrected chi connectivity index (χ0v) is 11.5. The van der Waals surface area contributed by atoms with E-state index in [1.165, 1.54) is 0 Å². The molecule has 1 N–H and O–H groups in total. The number of rotatable bonds is 3. The molecule has 0 fully saturated rings. The molecular formula is C12H13BrN2O2. The highest BCUT2D eigenvalue weighted by Crippen LogP contribution is 2.35. The van der Waals surface area contributed by atoms with Crippen LogP contribution in [0.4, 0.5) is 0 Å². The molecule has 1 aromatic heterocycles.